The van der Waals surface area contributed by atoms with Gasteiger partial charge in [-0.25, -0.2) is 9.37 Å². The van der Waals surface area contributed by atoms with Crippen LogP contribution in [0.3, 0.4) is 0 Å². The number of aromatic nitrogens is 2. The van der Waals surface area contributed by atoms with Crippen LogP contribution in [-0.4, -0.2) is 54.7 Å². The summed E-state index contributed by atoms with van der Waals surface area (Å²) in [6, 6.07) is 5.66. The van der Waals surface area contributed by atoms with Crippen LogP contribution in [0.5, 0.6) is 5.75 Å². The standard InChI is InChI=1S/C20H29FN6O/c1-13-10-18(22-3)26-20(24-13)25-16-6-7-17(28-4)15(19(16)21)12-23-11-14(2)27-8-5-9-27/h6-7,10,14,23H,5,8-9,11-12H2,1-4H3,(H2,22,24,25,26)/t14-/m1/s1. The molecule has 1 aromatic carbocycles. The maximum Gasteiger partial charge on any atom is 0.229 e. The van der Waals surface area contributed by atoms with Crippen LogP contribution in [0, 0.1) is 12.7 Å². The molecule has 0 saturated carbocycles. The van der Waals surface area contributed by atoms with Crippen molar-refractivity contribution in [3.63, 3.8) is 0 Å². The van der Waals surface area contributed by atoms with E-state index in [2.05, 4.69) is 37.7 Å². The number of halogens is 1. The second-order valence-electron chi connectivity index (χ2n) is 7.07. The fourth-order valence-corrected chi connectivity index (χ4v) is 3.25. The molecule has 0 bridgehead atoms. The van der Waals surface area contributed by atoms with Gasteiger partial charge in [0, 0.05) is 43.5 Å². The Morgan fingerprint density at radius 1 is 1.29 bits per heavy atom. The Balaban J connectivity index is 1.74. The molecule has 0 aliphatic carbocycles. The van der Waals surface area contributed by atoms with Crippen molar-refractivity contribution in [3.05, 3.63) is 35.3 Å². The van der Waals surface area contributed by atoms with Crippen LogP contribution in [0.15, 0.2) is 18.2 Å². The number of nitrogens with one attached hydrogen (secondary N) is 3. The normalized spacial score (nSPS) is 15.0. The van der Waals surface area contributed by atoms with Crippen LogP contribution in [0.1, 0.15) is 24.6 Å². The van der Waals surface area contributed by atoms with E-state index in [1.165, 1.54) is 6.42 Å². The molecule has 7 nitrogen and oxygen atoms in total. The van der Waals surface area contributed by atoms with Crippen LogP contribution >= 0.6 is 0 Å². The van der Waals surface area contributed by atoms with Crippen molar-refractivity contribution in [3.8, 4) is 5.75 Å². The van der Waals surface area contributed by atoms with Gasteiger partial charge in [-0.2, -0.15) is 4.98 Å². The zero-order valence-electron chi connectivity index (χ0n) is 17.0. The van der Waals surface area contributed by atoms with Gasteiger partial charge >= 0.3 is 0 Å². The van der Waals surface area contributed by atoms with Crippen LogP contribution < -0.4 is 20.7 Å². The van der Waals surface area contributed by atoms with Crippen LogP contribution in [0.4, 0.5) is 21.8 Å². The van der Waals surface area contributed by atoms with Crippen molar-refractivity contribution >= 4 is 17.5 Å². The highest BCUT2D eigenvalue weighted by Crippen LogP contribution is 2.29. The third-order valence-corrected chi connectivity index (χ3v) is 5.03. The minimum Gasteiger partial charge on any atom is -0.496 e. The number of ether oxygens (including phenoxy) is 1. The molecule has 2 heterocycles. The number of aryl methyl sites for hydroxylation is 1. The van der Waals surface area contributed by atoms with Crippen molar-refractivity contribution in [1.82, 2.24) is 20.2 Å². The molecule has 1 aromatic heterocycles. The van der Waals surface area contributed by atoms with Crippen LogP contribution in [0.2, 0.25) is 0 Å². The highest BCUT2D eigenvalue weighted by Gasteiger charge is 2.20. The molecule has 0 amide bonds. The number of hydrogen-bond donors (Lipinski definition) is 3. The molecule has 152 valence electrons. The Bertz CT molecular complexity index is 812. The fourth-order valence-electron chi connectivity index (χ4n) is 3.25. The average molecular weight is 388 g/mol. The summed E-state index contributed by atoms with van der Waals surface area (Å²) in [6.45, 7) is 7.53. The molecule has 8 heteroatoms. The molecule has 1 atom stereocenters. The van der Waals surface area contributed by atoms with E-state index in [4.69, 9.17) is 4.74 Å². The molecule has 0 spiro atoms. The summed E-state index contributed by atoms with van der Waals surface area (Å²) in [5, 5.41) is 9.32. The van der Waals surface area contributed by atoms with Gasteiger partial charge in [0.1, 0.15) is 11.6 Å². The monoisotopic (exact) mass is 388 g/mol. The molecular formula is C20H29FN6O. The van der Waals surface area contributed by atoms with E-state index in [1.807, 2.05) is 13.0 Å². The maximum absolute atomic E-state index is 15.2. The molecule has 28 heavy (non-hydrogen) atoms. The number of anilines is 3. The zero-order chi connectivity index (χ0) is 20.1. The largest absolute Gasteiger partial charge is 0.496 e. The van der Waals surface area contributed by atoms with E-state index in [9.17, 15) is 0 Å². The van der Waals surface area contributed by atoms with E-state index in [0.717, 1.165) is 25.3 Å². The summed E-state index contributed by atoms with van der Waals surface area (Å²) in [5.41, 5.74) is 1.60. The lowest BCUT2D eigenvalue weighted by Crippen LogP contribution is -2.47. The smallest absolute Gasteiger partial charge is 0.229 e. The van der Waals surface area contributed by atoms with Crippen molar-refractivity contribution in [2.24, 2.45) is 0 Å². The second kappa shape index (κ2) is 9.16. The van der Waals surface area contributed by atoms with Crippen molar-refractivity contribution in [2.45, 2.75) is 32.9 Å². The first-order chi connectivity index (χ1) is 13.5. The lowest BCUT2D eigenvalue weighted by Gasteiger charge is -2.36. The van der Waals surface area contributed by atoms with Crippen LogP contribution in [0.25, 0.3) is 0 Å². The summed E-state index contributed by atoms with van der Waals surface area (Å²) in [5.74, 6) is 1.18. The van der Waals surface area contributed by atoms with Gasteiger partial charge in [-0.15, -0.1) is 0 Å². The summed E-state index contributed by atoms with van der Waals surface area (Å²) in [4.78, 5) is 11.1. The topological polar surface area (TPSA) is 74.3 Å². The third-order valence-electron chi connectivity index (χ3n) is 5.03. The molecule has 1 saturated heterocycles. The van der Waals surface area contributed by atoms with E-state index >= 15 is 4.39 Å². The quantitative estimate of drug-likeness (QED) is 0.610. The Labute approximate surface area is 165 Å². The molecule has 3 N–H and O–H groups in total. The summed E-state index contributed by atoms with van der Waals surface area (Å²) >= 11 is 0. The average Bonchev–Trinajstić information content (AvgIpc) is 2.62. The first kappa shape index (κ1) is 20.3. The van der Waals surface area contributed by atoms with Crippen molar-refractivity contribution < 1.29 is 9.13 Å². The number of methoxy groups -OCH3 is 1. The SMILES string of the molecule is CNc1cc(C)nc(Nc2ccc(OC)c(CNC[C@@H](C)N3CCC3)c2F)n1. The summed E-state index contributed by atoms with van der Waals surface area (Å²) in [7, 11) is 3.33. The number of hydrogen-bond acceptors (Lipinski definition) is 7. The summed E-state index contributed by atoms with van der Waals surface area (Å²) < 4.78 is 20.5. The molecule has 1 fully saturated rings. The predicted molar refractivity (Wildman–Crippen MR) is 110 cm³/mol. The van der Waals surface area contributed by atoms with E-state index < -0.39 is 0 Å². The number of benzene rings is 1. The van der Waals surface area contributed by atoms with Crippen molar-refractivity contribution in [1.29, 1.82) is 0 Å². The first-order valence-corrected chi connectivity index (χ1v) is 9.62. The fraction of sp³-hybridized carbons (Fsp3) is 0.500. The molecule has 2 aromatic rings. The maximum atomic E-state index is 15.2. The van der Waals surface area contributed by atoms with Gasteiger partial charge in [-0.3, -0.25) is 4.90 Å². The minimum absolute atomic E-state index is 0.320. The molecule has 3 rings (SSSR count). The summed E-state index contributed by atoms with van der Waals surface area (Å²) in [6.07, 6.45) is 1.26. The van der Waals surface area contributed by atoms with E-state index in [0.29, 0.717) is 41.4 Å². The Hall–Kier alpha value is -2.45. The first-order valence-electron chi connectivity index (χ1n) is 9.62. The number of rotatable bonds is 9. The second-order valence-corrected chi connectivity index (χ2v) is 7.07. The Morgan fingerprint density at radius 3 is 2.71 bits per heavy atom. The van der Waals surface area contributed by atoms with E-state index in [1.54, 1.807) is 26.3 Å². The van der Waals surface area contributed by atoms with Gasteiger partial charge < -0.3 is 20.7 Å². The van der Waals surface area contributed by atoms with Crippen LogP contribution in [-0.2, 0) is 6.54 Å². The number of nitrogens with zero attached hydrogens (tertiary/aromatic N) is 3. The molecule has 0 unspecified atom stereocenters. The van der Waals surface area contributed by atoms with E-state index in [-0.39, 0.29) is 5.82 Å². The lowest BCUT2D eigenvalue weighted by molar-refractivity contribution is 0.126. The van der Waals surface area contributed by atoms with Gasteiger partial charge in [0.15, 0.2) is 5.82 Å². The van der Waals surface area contributed by atoms with Gasteiger partial charge in [0.05, 0.1) is 12.8 Å². The Kier molecular flexibility index (Phi) is 6.64. The van der Waals surface area contributed by atoms with Crippen molar-refractivity contribution in [2.75, 3.05) is 44.4 Å². The predicted octanol–water partition coefficient (Wildman–Crippen LogP) is 2.90. The molecular weight excluding hydrogens is 359 g/mol. The number of likely N-dealkylation sites (tertiary alicyclic amines) is 1. The highest BCUT2D eigenvalue weighted by atomic mass is 19.1. The van der Waals surface area contributed by atoms with Gasteiger partial charge in [-0.1, -0.05) is 0 Å². The van der Waals surface area contributed by atoms with Gasteiger partial charge in [0.25, 0.3) is 0 Å². The van der Waals surface area contributed by atoms with Gasteiger partial charge in [-0.05, 0) is 45.5 Å². The minimum atomic E-state index is -0.362. The highest BCUT2D eigenvalue weighted by molar-refractivity contribution is 5.60. The molecule has 1 aliphatic heterocycles. The third kappa shape index (κ3) is 4.69. The molecule has 1 aliphatic rings. The zero-order valence-corrected chi connectivity index (χ0v) is 17.0. The lowest BCUT2D eigenvalue weighted by atomic mass is 10.1. The molecule has 0 radical (unpaired) electrons. The van der Waals surface area contributed by atoms with Gasteiger partial charge in [0.2, 0.25) is 5.95 Å². The Morgan fingerprint density at radius 2 is 2.07 bits per heavy atom.